The van der Waals surface area contributed by atoms with Crippen LogP contribution >= 0.6 is 0 Å². The first-order valence-corrected chi connectivity index (χ1v) is 9.63. The van der Waals surface area contributed by atoms with Crippen molar-refractivity contribution in [1.82, 2.24) is 15.0 Å². The van der Waals surface area contributed by atoms with E-state index < -0.39 is 0 Å². The van der Waals surface area contributed by atoms with E-state index in [4.69, 9.17) is 18.8 Å². The van der Waals surface area contributed by atoms with Crippen LogP contribution in [-0.4, -0.2) is 15.0 Å². The molecule has 0 radical (unpaired) electrons. The number of fused-ring (bicyclic) bond motifs is 2. The van der Waals surface area contributed by atoms with Crippen molar-refractivity contribution in [1.29, 1.82) is 0 Å². The molecule has 0 aliphatic rings. The molecule has 0 saturated heterocycles. The first-order chi connectivity index (χ1) is 14.9. The zero-order valence-corrected chi connectivity index (χ0v) is 15.8. The fourth-order valence-corrected chi connectivity index (χ4v) is 3.67. The quantitative estimate of drug-likeness (QED) is 0.352. The normalized spacial score (nSPS) is 11.3. The summed E-state index contributed by atoms with van der Waals surface area (Å²) >= 11 is 0. The summed E-state index contributed by atoms with van der Waals surface area (Å²) in [4.78, 5) is 14.0. The van der Waals surface area contributed by atoms with E-state index in [0.29, 0.717) is 11.8 Å². The van der Waals surface area contributed by atoms with Gasteiger partial charge in [-0.15, -0.1) is 0 Å². The van der Waals surface area contributed by atoms with Crippen molar-refractivity contribution in [3.8, 4) is 34.2 Å². The van der Waals surface area contributed by atoms with Crippen LogP contribution in [0.4, 0.5) is 0 Å². The molecule has 3 aromatic heterocycles. The van der Waals surface area contributed by atoms with Crippen LogP contribution in [0.15, 0.2) is 100.0 Å². The molecule has 6 rings (SSSR count). The fourth-order valence-electron chi connectivity index (χ4n) is 3.67. The summed E-state index contributed by atoms with van der Waals surface area (Å²) in [5.41, 5.74) is 6.45. The lowest BCUT2D eigenvalue weighted by molar-refractivity contribution is 0.617. The zero-order valence-electron chi connectivity index (χ0n) is 15.8. The lowest BCUT2D eigenvalue weighted by Gasteiger charge is -2.10. The minimum Gasteiger partial charge on any atom is -0.436 e. The first kappa shape index (κ1) is 16.7. The molecule has 0 amide bonds. The van der Waals surface area contributed by atoms with Gasteiger partial charge in [0.15, 0.2) is 11.2 Å². The summed E-state index contributed by atoms with van der Waals surface area (Å²) < 4.78 is 12.2. The van der Waals surface area contributed by atoms with Gasteiger partial charge >= 0.3 is 0 Å². The standard InChI is InChI=1S/C25H15N3O2/c1-3-13-21-18(10-1)27-24(29-21)16-8-7-9-17(23(16)20-12-5-6-15-26-20)25-28-19-11-2-4-14-22(19)30-25/h1-15H. The van der Waals surface area contributed by atoms with E-state index in [-0.39, 0.29) is 0 Å². The monoisotopic (exact) mass is 389 g/mol. The van der Waals surface area contributed by atoms with Gasteiger partial charge in [-0.25, -0.2) is 9.97 Å². The topological polar surface area (TPSA) is 65.0 Å². The van der Waals surface area contributed by atoms with Crippen LogP contribution in [0.25, 0.3) is 56.4 Å². The molecule has 0 aliphatic heterocycles. The van der Waals surface area contributed by atoms with Gasteiger partial charge in [0.1, 0.15) is 11.0 Å². The molecule has 5 heteroatoms. The lowest BCUT2D eigenvalue weighted by atomic mass is 9.97. The second-order valence-electron chi connectivity index (χ2n) is 6.92. The Morgan fingerprint density at radius 1 is 0.533 bits per heavy atom. The average molecular weight is 389 g/mol. The van der Waals surface area contributed by atoms with Crippen LogP contribution in [0.5, 0.6) is 0 Å². The molecule has 0 atom stereocenters. The van der Waals surface area contributed by atoms with Crippen molar-refractivity contribution in [3.63, 3.8) is 0 Å². The molecule has 3 heterocycles. The number of oxazole rings is 2. The number of benzene rings is 3. The Labute approximate surface area is 171 Å². The van der Waals surface area contributed by atoms with Gasteiger partial charge in [0, 0.05) is 22.9 Å². The van der Waals surface area contributed by atoms with E-state index in [1.165, 1.54) is 0 Å². The van der Waals surface area contributed by atoms with Crippen LogP contribution in [0.3, 0.4) is 0 Å². The highest BCUT2D eigenvalue weighted by Gasteiger charge is 2.21. The number of pyridine rings is 1. The van der Waals surface area contributed by atoms with Crippen LogP contribution < -0.4 is 0 Å². The molecule has 6 aromatic rings. The highest BCUT2D eigenvalue weighted by molar-refractivity contribution is 5.92. The lowest BCUT2D eigenvalue weighted by Crippen LogP contribution is -1.92. The third kappa shape index (κ3) is 2.68. The molecule has 0 aliphatic carbocycles. The molecule has 0 fully saturated rings. The van der Waals surface area contributed by atoms with Gasteiger partial charge in [-0.3, -0.25) is 4.98 Å². The predicted octanol–water partition coefficient (Wildman–Crippen LogP) is 6.37. The third-order valence-corrected chi connectivity index (χ3v) is 5.03. The molecule has 0 unspecified atom stereocenters. The summed E-state index contributed by atoms with van der Waals surface area (Å²) in [5.74, 6) is 1.07. The number of rotatable bonds is 3. The Morgan fingerprint density at radius 2 is 1.10 bits per heavy atom. The van der Waals surface area contributed by atoms with E-state index in [2.05, 4.69) is 4.98 Å². The molecule has 0 spiro atoms. The highest BCUT2D eigenvalue weighted by Crippen LogP contribution is 2.40. The van der Waals surface area contributed by atoms with E-state index in [9.17, 15) is 0 Å². The second-order valence-corrected chi connectivity index (χ2v) is 6.92. The van der Waals surface area contributed by atoms with Gasteiger partial charge in [-0.1, -0.05) is 36.4 Å². The third-order valence-electron chi connectivity index (χ3n) is 5.03. The SMILES string of the molecule is c1ccc(-c2c(-c3nc4ccccc4o3)cccc2-c2nc3ccccc3o2)nc1. The predicted molar refractivity (Wildman–Crippen MR) is 116 cm³/mol. The maximum Gasteiger partial charge on any atom is 0.228 e. The minimum atomic E-state index is 0.537. The smallest absolute Gasteiger partial charge is 0.228 e. The van der Waals surface area contributed by atoms with Crippen molar-refractivity contribution < 1.29 is 8.83 Å². The summed E-state index contributed by atoms with van der Waals surface area (Å²) in [6.45, 7) is 0. The summed E-state index contributed by atoms with van der Waals surface area (Å²) in [7, 11) is 0. The van der Waals surface area contributed by atoms with E-state index >= 15 is 0 Å². The maximum absolute atomic E-state index is 6.08. The summed E-state index contributed by atoms with van der Waals surface area (Å²) in [5, 5.41) is 0. The molecular formula is C25H15N3O2. The number of hydrogen-bond acceptors (Lipinski definition) is 5. The molecule has 0 bridgehead atoms. The zero-order chi connectivity index (χ0) is 19.9. The van der Waals surface area contributed by atoms with E-state index in [1.807, 2.05) is 84.9 Å². The van der Waals surface area contributed by atoms with Gasteiger partial charge in [-0.05, 0) is 48.5 Å². The van der Waals surface area contributed by atoms with E-state index in [0.717, 1.165) is 44.6 Å². The van der Waals surface area contributed by atoms with Gasteiger partial charge in [-0.2, -0.15) is 0 Å². The Hall–Kier alpha value is -4.25. The van der Waals surface area contributed by atoms with Crippen molar-refractivity contribution in [2.75, 3.05) is 0 Å². The summed E-state index contributed by atoms with van der Waals surface area (Å²) in [6.07, 6.45) is 1.77. The maximum atomic E-state index is 6.08. The van der Waals surface area contributed by atoms with Crippen LogP contribution in [0, 0.1) is 0 Å². The van der Waals surface area contributed by atoms with Gasteiger partial charge < -0.3 is 8.83 Å². The summed E-state index contributed by atoms with van der Waals surface area (Å²) in [6, 6.07) is 27.2. The van der Waals surface area contributed by atoms with Crippen molar-refractivity contribution >= 4 is 22.2 Å². The second kappa shape index (κ2) is 6.67. The molecule has 3 aromatic carbocycles. The van der Waals surface area contributed by atoms with E-state index in [1.54, 1.807) is 6.20 Å². The average Bonchev–Trinajstić information content (AvgIpc) is 3.43. The molecule has 142 valence electrons. The van der Waals surface area contributed by atoms with Gasteiger partial charge in [0.05, 0.1) is 5.69 Å². The number of aromatic nitrogens is 3. The Morgan fingerprint density at radius 3 is 1.63 bits per heavy atom. The molecule has 5 nitrogen and oxygen atoms in total. The molecule has 0 saturated carbocycles. The highest BCUT2D eigenvalue weighted by atomic mass is 16.4. The fraction of sp³-hybridized carbons (Fsp3) is 0. The van der Waals surface area contributed by atoms with Crippen LogP contribution in [0.1, 0.15) is 0 Å². The Bertz CT molecular complexity index is 1340. The minimum absolute atomic E-state index is 0.537. The molecule has 30 heavy (non-hydrogen) atoms. The van der Waals surface area contributed by atoms with Crippen molar-refractivity contribution in [2.24, 2.45) is 0 Å². The number of para-hydroxylation sites is 4. The van der Waals surface area contributed by atoms with Crippen LogP contribution in [-0.2, 0) is 0 Å². The Balaban J connectivity index is 1.64. The number of nitrogens with zero attached hydrogens (tertiary/aromatic N) is 3. The molecular weight excluding hydrogens is 374 g/mol. The van der Waals surface area contributed by atoms with Crippen molar-refractivity contribution in [2.45, 2.75) is 0 Å². The van der Waals surface area contributed by atoms with Crippen molar-refractivity contribution in [3.05, 3.63) is 91.1 Å². The van der Waals surface area contributed by atoms with Gasteiger partial charge in [0.25, 0.3) is 0 Å². The largest absolute Gasteiger partial charge is 0.436 e. The van der Waals surface area contributed by atoms with Crippen LogP contribution in [0.2, 0.25) is 0 Å². The van der Waals surface area contributed by atoms with Gasteiger partial charge in [0.2, 0.25) is 11.8 Å². The number of hydrogen-bond donors (Lipinski definition) is 0. The molecule has 0 N–H and O–H groups in total. The first-order valence-electron chi connectivity index (χ1n) is 9.63. The Kier molecular flexibility index (Phi) is 3.71.